The molecule has 1 heterocycles. The van der Waals surface area contributed by atoms with Crippen molar-refractivity contribution in [1.29, 1.82) is 0 Å². The maximum absolute atomic E-state index is 12.0. The van der Waals surface area contributed by atoms with Crippen molar-refractivity contribution in [2.75, 3.05) is 11.9 Å². The fourth-order valence-electron chi connectivity index (χ4n) is 2.39. The van der Waals surface area contributed by atoms with E-state index in [0.29, 0.717) is 17.0 Å². The van der Waals surface area contributed by atoms with Crippen LogP contribution in [0.3, 0.4) is 0 Å². The standard InChI is InChI=1S/C20H16N2O6/c1-13-2-6-15(7-3-13)21-19(23)12-27-20(24)18-11-10-17(28-18)14-4-8-16(9-5-14)22(25)26/h2-11H,12H2,1H3,(H,21,23). The monoisotopic (exact) mass is 380 g/mol. The van der Waals surface area contributed by atoms with Crippen LogP contribution < -0.4 is 5.32 Å². The Kier molecular flexibility index (Phi) is 5.50. The van der Waals surface area contributed by atoms with Gasteiger partial charge in [-0.2, -0.15) is 0 Å². The van der Waals surface area contributed by atoms with Crippen LogP contribution in [-0.4, -0.2) is 23.4 Å². The van der Waals surface area contributed by atoms with Crippen LogP contribution in [0, 0.1) is 17.0 Å². The number of anilines is 1. The van der Waals surface area contributed by atoms with Crippen LogP contribution in [0.5, 0.6) is 0 Å². The van der Waals surface area contributed by atoms with E-state index in [1.807, 2.05) is 19.1 Å². The summed E-state index contributed by atoms with van der Waals surface area (Å²) in [5, 5.41) is 13.3. The average molecular weight is 380 g/mol. The van der Waals surface area contributed by atoms with Crippen molar-refractivity contribution in [3.63, 3.8) is 0 Å². The van der Waals surface area contributed by atoms with Gasteiger partial charge in [-0.3, -0.25) is 14.9 Å². The van der Waals surface area contributed by atoms with E-state index < -0.39 is 23.4 Å². The molecule has 3 aromatic rings. The van der Waals surface area contributed by atoms with Crippen LogP contribution in [0.1, 0.15) is 16.1 Å². The predicted molar refractivity (Wildman–Crippen MR) is 101 cm³/mol. The number of nitro benzene ring substituents is 1. The van der Waals surface area contributed by atoms with Crippen molar-refractivity contribution in [2.45, 2.75) is 6.92 Å². The van der Waals surface area contributed by atoms with E-state index in [1.54, 1.807) is 18.2 Å². The highest BCUT2D eigenvalue weighted by Gasteiger charge is 2.16. The zero-order chi connectivity index (χ0) is 20.1. The second-order valence-corrected chi connectivity index (χ2v) is 5.96. The van der Waals surface area contributed by atoms with Crippen LogP contribution in [0.4, 0.5) is 11.4 Å². The Hall–Kier alpha value is -3.94. The second-order valence-electron chi connectivity index (χ2n) is 5.96. The zero-order valence-corrected chi connectivity index (χ0v) is 14.9. The largest absolute Gasteiger partial charge is 0.450 e. The number of aryl methyl sites for hydroxylation is 1. The van der Waals surface area contributed by atoms with Crippen LogP contribution >= 0.6 is 0 Å². The molecule has 0 unspecified atom stereocenters. The molecule has 0 radical (unpaired) electrons. The smallest absolute Gasteiger partial charge is 0.374 e. The molecular weight excluding hydrogens is 364 g/mol. The minimum absolute atomic E-state index is 0.0467. The number of furan rings is 1. The first-order valence-corrected chi connectivity index (χ1v) is 8.31. The summed E-state index contributed by atoms with van der Waals surface area (Å²) in [6.07, 6.45) is 0. The van der Waals surface area contributed by atoms with Crippen LogP contribution in [0.15, 0.2) is 65.1 Å². The highest BCUT2D eigenvalue weighted by molar-refractivity contribution is 5.94. The number of amides is 1. The summed E-state index contributed by atoms with van der Waals surface area (Å²) >= 11 is 0. The van der Waals surface area contributed by atoms with Crippen molar-refractivity contribution in [3.05, 3.63) is 82.1 Å². The maximum Gasteiger partial charge on any atom is 0.374 e. The number of nitro groups is 1. The first-order valence-electron chi connectivity index (χ1n) is 8.31. The van der Waals surface area contributed by atoms with E-state index in [1.165, 1.54) is 30.3 Å². The predicted octanol–water partition coefficient (Wildman–Crippen LogP) is 3.96. The summed E-state index contributed by atoms with van der Waals surface area (Å²) in [6, 6.07) is 15.9. The quantitative estimate of drug-likeness (QED) is 0.394. The van der Waals surface area contributed by atoms with E-state index in [0.717, 1.165) is 5.56 Å². The lowest BCUT2D eigenvalue weighted by Gasteiger charge is -2.06. The molecule has 1 N–H and O–H groups in total. The van der Waals surface area contributed by atoms with Gasteiger partial charge in [0.1, 0.15) is 5.76 Å². The molecule has 1 aromatic heterocycles. The number of nitrogens with one attached hydrogen (secondary N) is 1. The lowest BCUT2D eigenvalue weighted by molar-refractivity contribution is -0.384. The van der Waals surface area contributed by atoms with Gasteiger partial charge in [0.05, 0.1) is 4.92 Å². The molecular formula is C20H16N2O6. The number of non-ortho nitro benzene ring substituents is 1. The molecule has 0 aliphatic rings. The van der Waals surface area contributed by atoms with E-state index in [-0.39, 0.29) is 11.4 Å². The SMILES string of the molecule is Cc1ccc(NC(=O)COC(=O)c2ccc(-c3ccc([N+](=O)[O-])cc3)o2)cc1. The number of hydrogen-bond acceptors (Lipinski definition) is 6. The first-order chi connectivity index (χ1) is 13.4. The molecule has 1 amide bonds. The maximum atomic E-state index is 12.0. The zero-order valence-electron chi connectivity index (χ0n) is 14.9. The Bertz CT molecular complexity index is 1010. The molecule has 28 heavy (non-hydrogen) atoms. The molecule has 142 valence electrons. The number of rotatable bonds is 6. The third kappa shape index (κ3) is 4.61. The molecule has 0 fully saturated rings. The number of ether oxygens (including phenoxy) is 1. The molecule has 3 rings (SSSR count). The van der Waals surface area contributed by atoms with E-state index >= 15 is 0 Å². The minimum Gasteiger partial charge on any atom is -0.450 e. The number of nitrogens with zero attached hydrogens (tertiary/aromatic N) is 1. The van der Waals surface area contributed by atoms with Gasteiger partial charge < -0.3 is 14.5 Å². The normalized spacial score (nSPS) is 10.3. The van der Waals surface area contributed by atoms with E-state index in [2.05, 4.69) is 5.32 Å². The molecule has 0 spiro atoms. The molecule has 0 atom stereocenters. The molecule has 2 aromatic carbocycles. The molecule has 8 nitrogen and oxygen atoms in total. The average Bonchev–Trinajstić information content (AvgIpc) is 3.18. The Morgan fingerprint density at radius 2 is 1.71 bits per heavy atom. The van der Waals surface area contributed by atoms with Crippen molar-refractivity contribution in [2.24, 2.45) is 0 Å². The van der Waals surface area contributed by atoms with Gasteiger partial charge in [0, 0.05) is 23.4 Å². The summed E-state index contributed by atoms with van der Waals surface area (Å²) in [7, 11) is 0. The Morgan fingerprint density at radius 3 is 2.36 bits per heavy atom. The number of esters is 1. The molecule has 0 aliphatic heterocycles. The molecule has 8 heteroatoms. The van der Waals surface area contributed by atoms with Crippen LogP contribution in [0.2, 0.25) is 0 Å². The van der Waals surface area contributed by atoms with Gasteiger partial charge in [0.15, 0.2) is 6.61 Å². The highest BCUT2D eigenvalue weighted by Crippen LogP contribution is 2.24. The third-order valence-electron chi connectivity index (χ3n) is 3.84. The van der Waals surface area contributed by atoms with Gasteiger partial charge in [-0.15, -0.1) is 0 Å². The summed E-state index contributed by atoms with van der Waals surface area (Å²) in [5.74, 6) is -0.978. The van der Waals surface area contributed by atoms with Gasteiger partial charge in [-0.05, 0) is 43.3 Å². The van der Waals surface area contributed by atoms with Gasteiger partial charge in [-0.1, -0.05) is 17.7 Å². The van der Waals surface area contributed by atoms with Gasteiger partial charge in [-0.25, -0.2) is 4.79 Å². The second kappa shape index (κ2) is 8.17. The molecule has 0 bridgehead atoms. The Balaban J connectivity index is 1.57. The van der Waals surface area contributed by atoms with E-state index in [4.69, 9.17) is 9.15 Å². The highest BCUT2D eigenvalue weighted by atomic mass is 16.6. The fourth-order valence-corrected chi connectivity index (χ4v) is 2.39. The van der Waals surface area contributed by atoms with E-state index in [9.17, 15) is 19.7 Å². The fraction of sp³-hybridized carbons (Fsp3) is 0.100. The minimum atomic E-state index is -0.785. The topological polar surface area (TPSA) is 112 Å². The van der Waals surface area contributed by atoms with Crippen LogP contribution in [-0.2, 0) is 9.53 Å². The summed E-state index contributed by atoms with van der Waals surface area (Å²) in [5.41, 5.74) is 2.19. The summed E-state index contributed by atoms with van der Waals surface area (Å²) in [6.45, 7) is 1.47. The van der Waals surface area contributed by atoms with Crippen molar-refractivity contribution in [3.8, 4) is 11.3 Å². The first kappa shape index (κ1) is 18.8. The van der Waals surface area contributed by atoms with Crippen LogP contribution in [0.25, 0.3) is 11.3 Å². The van der Waals surface area contributed by atoms with Gasteiger partial charge in [0.2, 0.25) is 5.76 Å². The third-order valence-corrected chi connectivity index (χ3v) is 3.84. The number of benzene rings is 2. The molecule has 0 saturated carbocycles. The Morgan fingerprint density at radius 1 is 1.04 bits per heavy atom. The Labute approximate surface area is 159 Å². The molecule has 0 saturated heterocycles. The van der Waals surface area contributed by atoms with Crippen molar-refractivity contribution < 1.29 is 23.7 Å². The van der Waals surface area contributed by atoms with Gasteiger partial charge >= 0.3 is 5.97 Å². The number of carbonyl (C=O) groups is 2. The lowest BCUT2D eigenvalue weighted by Crippen LogP contribution is -2.20. The summed E-state index contributed by atoms with van der Waals surface area (Å²) in [4.78, 5) is 34.1. The van der Waals surface area contributed by atoms with Crippen molar-refractivity contribution >= 4 is 23.3 Å². The molecule has 0 aliphatic carbocycles. The number of hydrogen-bond donors (Lipinski definition) is 1. The van der Waals surface area contributed by atoms with Crippen molar-refractivity contribution in [1.82, 2.24) is 0 Å². The summed E-state index contributed by atoms with van der Waals surface area (Å²) < 4.78 is 10.4. The number of carbonyl (C=O) groups excluding carboxylic acids is 2. The lowest BCUT2D eigenvalue weighted by atomic mass is 10.1. The van der Waals surface area contributed by atoms with Gasteiger partial charge in [0.25, 0.3) is 11.6 Å².